The summed E-state index contributed by atoms with van der Waals surface area (Å²) in [5.74, 6) is 0. The monoisotopic (exact) mass is 194 g/mol. The fourth-order valence-corrected chi connectivity index (χ4v) is 1.44. The van der Waals surface area contributed by atoms with Crippen LogP contribution in [0.15, 0.2) is 24.3 Å². The lowest BCUT2D eigenvalue weighted by Crippen LogP contribution is -1.97. The van der Waals surface area contributed by atoms with Gasteiger partial charge >= 0.3 is 0 Å². The Morgan fingerprint density at radius 3 is 2.43 bits per heavy atom. The second-order valence-corrected chi connectivity index (χ2v) is 3.48. The molecule has 0 aliphatic heterocycles. The first-order valence-corrected chi connectivity index (χ1v) is 5.03. The van der Waals surface area contributed by atoms with E-state index in [1.807, 2.05) is 24.3 Å². The lowest BCUT2D eigenvalue weighted by atomic mass is 10.0. The third kappa shape index (κ3) is 3.13. The highest BCUT2D eigenvalue weighted by molar-refractivity contribution is 5.23. The summed E-state index contributed by atoms with van der Waals surface area (Å²) < 4.78 is 5.01. The standard InChI is InChI=1S/C12H18O2/c1-3-4-12(13)11-7-5-10(6-8-11)9-14-2/h5-8,12-13H,3-4,9H2,1-2H3. The van der Waals surface area contributed by atoms with Crippen molar-refractivity contribution in [1.82, 2.24) is 0 Å². The Morgan fingerprint density at radius 1 is 1.29 bits per heavy atom. The topological polar surface area (TPSA) is 29.5 Å². The van der Waals surface area contributed by atoms with Gasteiger partial charge in [-0.2, -0.15) is 0 Å². The van der Waals surface area contributed by atoms with Crippen LogP contribution in [-0.2, 0) is 11.3 Å². The molecule has 0 fully saturated rings. The summed E-state index contributed by atoms with van der Waals surface area (Å²) in [4.78, 5) is 0. The summed E-state index contributed by atoms with van der Waals surface area (Å²) in [7, 11) is 1.68. The first-order valence-electron chi connectivity index (χ1n) is 5.03. The Labute approximate surface area is 85.5 Å². The number of aliphatic hydroxyl groups is 1. The second-order valence-electron chi connectivity index (χ2n) is 3.48. The van der Waals surface area contributed by atoms with Gasteiger partial charge in [0.25, 0.3) is 0 Å². The molecule has 2 heteroatoms. The van der Waals surface area contributed by atoms with Gasteiger partial charge in [0.05, 0.1) is 12.7 Å². The summed E-state index contributed by atoms with van der Waals surface area (Å²) >= 11 is 0. The van der Waals surface area contributed by atoms with Gasteiger partial charge in [0.2, 0.25) is 0 Å². The van der Waals surface area contributed by atoms with Crippen molar-refractivity contribution in [2.45, 2.75) is 32.5 Å². The Bertz CT molecular complexity index is 254. The molecular formula is C12H18O2. The minimum Gasteiger partial charge on any atom is -0.388 e. The van der Waals surface area contributed by atoms with Gasteiger partial charge in [0, 0.05) is 7.11 Å². The molecule has 0 aromatic heterocycles. The molecule has 1 N–H and O–H groups in total. The van der Waals surface area contributed by atoms with Crippen molar-refractivity contribution in [3.63, 3.8) is 0 Å². The van der Waals surface area contributed by atoms with E-state index in [4.69, 9.17) is 4.74 Å². The van der Waals surface area contributed by atoms with Crippen molar-refractivity contribution < 1.29 is 9.84 Å². The predicted molar refractivity (Wildman–Crippen MR) is 57.0 cm³/mol. The van der Waals surface area contributed by atoms with E-state index in [9.17, 15) is 5.11 Å². The third-order valence-electron chi connectivity index (χ3n) is 2.24. The maximum atomic E-state index is 9.71. The molecule has 1 rings (SSSR count). The number of hydrogen-bond acceptors (Lipinski definition) is 2. The number of aliphatic hydroxyl groups excluding tert-OH is 1. The normalized spacial score (nSPS) is 12.8. The van der Waals surface area contributed by atoms with Crippen LogP contribution in [0.1, 0.15) is 37.0 Å². The van der Waals surface area contributed by atoms with Crippen molar-refractivity contribution >= 4 is 0 Å². The summed E-state index contributed by atoms with van der Waals surface area (Å²) in [6.07, 6.45) is 1.50. The van der Waals surface area contributed by atoms with E-state index in [0.29, 0.717) is 6.61 Å². The Kier molecular flexibility index (Phi) is 4.63. The molecule has 1 aromatic carbocycles. The maximum absolute atomic E-state index is 9.71. The molecule has 0 aliphatic carbocycles. The van der Waals surface area contributed by atoms with Gasteiger partial charge in [-0.1, -0.05) is 37.6 Å². The van der Waals surface area contributed by atoms with Crippen LogP contribution in [-0.4, -0.2) is 12.2 Å². The van der Waals surface area contributed by atoms with Crippen molar-refractivity contribution in [2.24, 2.45) is 0 Å². The largest absolute Gasteiger partial charge is 0.388 e. The smallest absolute Gasteiger partial charge is 0.0790 e. The van der Waals surface area contributed by atoms with Crippen molar-refractivity contribution in [2.75, 3.05) is 7.11 Å². The second kappa shape index (κ2) is 5.78. The van der Waals surface area contributed by atoms with Crippen molar-refractivity contribution in [1.29, 1.82) is 0 Å². The van der Waals surface area contributed by atoms with E-state index in [0.717, 1.165) is 24.0 Å². The highest BCUT2D eigenvalue weighted by Crippen LogP contribution is 2.18. The van der Waals surface area contributed by atoms with Crippen LogP contribution < -0.4 is 0 Å². The number of hydrogen-bond donors (Lipinski definition) is 1. The lowest BCUT2D eigenvalue weighted by molar-refractivity contribution is 0.166. The Balaban J connectivity index is 2.62. The van der Waals surface area contributed by atoms with Gasteiger partial charge in [-0.05, 0) is 17.5 Å². The number of rotatable bonds is 5. The van der Waals surface area contributed by atoms with Crippen LogP contribution in [0.25, 0.3) is 0 Å². The highest BCUT2D eigenvalue weighted by Gasteiger charge is 2.05. The lowest BCUT2D eigenvalue weighted by Gasteiger charge is -2.09. The maximum Gasteiger partial charge on any atom is 0.0790 e. The molecule has 2 nitrogen and oxygen atoms in total. The van der Waals surface area contributed by atoms with Crippen LogP contribution in [0.4, 0.5) is 0 Å². The van der Waals surface area contributed by atoms with Gasteiger partial charge in [0.1, 0.15) is 0 Å². The van der Waals surface area contributed by atoms with E-state index in [2.05, 4.69) is 6.92 Å². The Hall–Kier alpha value is -0.860. The van der Waals surface area contributed by atoms with Crippen LogP contribution in [0.3, 0.4) is 0 Å². The highest BCUT2D eigenvalue weighted by atomic mass is 16.5. The molecular weight excluding hydrogens is 176 g/mol. The van der Waals surface area contributed by atoms with Gasteiger partial charge in [0.15, 0.2) is 0 Å². The zero-order valence-electron chi connectivity index (χ0n) is 8.86. The van der Waals surface area contributed by atoms with Crippen molar-refractivity contribution in [3.8, 4) is 0 Å². The van der Waals surface area contributed by atoms with Crippen LogP contribution in [0.5, 0.6) is 0 Å². The minimum atomic E-state index is -0.323. The van der Waals surface area contributed by atoms with E-state index in [1.165, 1.54) is 0 Å². The van der Waals surface area contributed by atoms with E-state index < -0.39 is 0 Å². The summed E-state index contributed by atoms with van der Waals surface area (Å²) in [5.41, 5.74) is 2.13. The van der Waals surface area contributed by atoms with Gasteiger partial charge in [-0.3, -0.25) is 0 Å². The first-order chi connectivity index (χ1) is 6.77. The average Bonchev–Trinajstić information content (AvgIpc) is 2.20. The van der Waals surface area contributed by atoms with Crippen LogP contribution in [0.2, 0.25) is 0 Å². The predicted octanol–water partition coefficient (Wildman–Crippen LogP) is 2.67. The molecule has 0 aliphatic rings. The molecule has 0 saturated heterocycles. The van der Waals surface area contributed by atoms with Gasteiger partial charge in [-0.15, -0.1) is 0 Å². The van der Waals surface area contributed by atoms with Gasteiger partial charge in [-0.25, -0.2) is 0 Å². The number of ether oxygens (including phenoxy) is 1. The molecule has 0 heterocycles. The van der Waals surface area contributed by atoms with Crippen molar-refractivity contribution in [3.05, 3.63) is 35.4 Å². The number of benzene rings is 1. The average molecular weight is 194 g/mol. The van der Waals surface area contributed by atoms with E-state index in [-0.39, 0.29) is 6.10 Å². The summed E-state index contributed by atoms with van der Waals surface area (Å²) in [6.45, 7) is 2.70. The molecule has 1 atom stereocenters. The Morgan fingerprint density at radius 2 is 1.93 bits per heavy atom. The van der Waals surface area contributed by atoms with Crippen LogP contribution >= 0.6 is 0 Å². The minimum absolute atomic E-state index is 0.323. The molecule has 0 spiro atoms. The molecule has 0 radical (unpaired) electrons. The van der Waals surface area contributed by atoms with E-state index >= 15 is 0 Å². The van der Waals surface area contributed by atoms with E-state index in [1.54, 1.807) is 7.11 Å². The SMILES string of the molecule is CCCC(O)c1ccc(COC)cc1. The molecule has 78 valence electrons. The fourth-order valence-electron chi connectivity index (χ4n) is 1.44. The molecule has 14 heavy (non-hydrogen) atoms. The summed E-state index contributed by atoms with van der Waals surface area (Å²) in [6, 6.07) is 7.93. The first kappa shape index (κ1) is 11.2. The quantitative estimate of drug-likeness (QED) is 0.780. The molecule has 0 amide bonds. The summed E-state index contributed by atoms with van der Waals surface area (Å²) in [5, 5.41) is 9.71. The molecule has 1 unspecified atom stereocenters. The fraction of sp³-hybridized carbons (Fsp3) is 0.500. The zero-order valence-corrected chi connectivity index (χ0v) is 8.86. The van der Waals surface area contributed by atoms with Crippen LogP contribution in [0, 0.1) is 0 Å². The molecule has 1 aromatic rings. The third-order valence-corrected chi connectivity index (χ3v) is 2.24. The van der Waals surface area contributed by atoms with Gasteiger partial charge < -0.3 is 9.84 Å². The zero-order chi connectivity index (χ0) is 10.4. The molecule has 0 bridgehead atoms. The molecule has 0 saturated carbocycles. The number of methoxy groups -OCH3 is 1.